The Balaban J connectivity index is 1.27. The zero-order valence-electron chi connectivity index (χ0n) is 20.1. The molecular formula is C26H33N5O4. The van der Waals surface area contributed by atoms with Gasteiger partial charge in [-0.15, -0.1) is 0 Å². The number of benzene rings is 1. The van der Waals surface area contributed by atoms with E-state index in [0.29, 0.717) is 31.1 Å². The van der Waals surface area contributed by atoms with E-state index in [9.17, 15) is 14.4 Å². The molecule has 2 atom stereocenters. The fourth-order valence-corrected chi connectivity index (χ4v) is 5.74. The maximum Gasteiger partial charge on any atom is 0.323 e. The van der Waals surface area contributed by atoms with Crippen LogP contribution in [0.2, 0.25) is 0 Å². The Morgan fingerprint density at radius 2 is 1.71 bits per heavy atom. The van der Waals surface area contributed by atoms with Gasteiger partial charge in [0.25, 0.3) is 5.56 Å². The normalized spacial score (nSPS) is 21.6. The van der Waals surface area contributed by atoms with Crippen molar-refractivity contribution in [2.45, 2.75) is 57.0 Å². The van der Waals surface area contributed by atoms with Crippen molar-refractivity contribution >= 4 is 23.4 Å². The molecule has 2 fully saturated rings. The van der Waals surface area contributed by atoms with Crippen LogP contribution in [0.1, 0.15) is 50.1 Å². The molecule has 1 aromatic heterocycles. The van der Waals surface area contributed by atoms with Crippen LogP contribution in [0.15, 0.2) is 41.2 Å². The van der Waals surface area contributed by atoms with Crippen LogP contribution in [0, 0.1) is 5.92 Å². The number of carbonyl (C=O) groups excluding carboxylic acids is 2. The molecule has 2 aromatic rings. The smallest absolute Gasteiger partial charge is 0.323 e. The van der Waals surface area contributed by atoms with Gasteiger partial charge in [-0.05, 0) is 49.4 Å². The predicted octanol–water partition coefficient (Wildman–Crippen LogP) is 3.96. The molecule has 0 radical (unpaired) electrons. The molecule has 9 heteroatoms. The maximum atomic E-state index is 13.2. The van der Waals surface area contributed by atoms with Gasteiger partial charge in [0.05, 0.1) is 12.8 Å². The molecule has 0 spiro atoms. The molecule has 5 rings (SSSR count). The Bertz CT molecular complexity index is 1160. The lowest BCUT2D eigenvalue weighted by Gasteiger charge is -2.43. The number of aromatic nitrogens is 1. The van der Waals surface area contributed by atoms with E-state index in [0.717, 1.165) is 25.0 Å². The molecule has 35 heavy (non-hydrogen) atoms. The second-order valence-corrected chi connectivity index (χ2v) is 9.86. The standard InChI is InChI=1S/C26H33N5O4/c1-35-23-10-6-5-9-20(23)28-25(33)29-21-11-12-22-18-13-17(15-31(22)24(21)32)14-30(16-18)26(34)27-19-7-3-2-4-8-19/h5-6,9-12,17-19H,2-4,7-8,13-16H2,1H3,(H,27,34)(H2,28,29,33)/t17-,18+/m0/s1. The molecule has 3 N–H and O–H groups in total. The van der Waals surface area contributed by atoms with Gasteiger partial charge in [0.1, 0.15) is 11.4 Å². The van der Waals surface area contributed by atoms with E-state index in [1.807, 2.05) is 17.0 Å². The Morgan fingerprint density at radius 3 is 2.51 bits per heavy atom. The minimum Gasteiger partial charge on any atom is -0.495 e. The first-order chi connectivity index (χ1) is 17.0. The van der Waals surface area contributed by atoms with Crippen molar-refractivity contribution in [2.24, 2.45) is 5.92 Å². The average molecular weight is 480 g/mol. The van der Waals surface area contributed by atoms with E-state index in [1.165, 1.54) is 26.4 Å². The number of anilines is 2. The van der Waals surface area contributed by atoms with Crippen LogP contribution < -0.4 is 26.2 Å². The quantitative estimate of drug-likeness (QED) is 0.617. The zero-order valence-corrected chi connectivity index (χ0v) is 20.1. The Kier molecular flexibility index (Phi) is 6.66. The molecule has 2 bridgehead atoms. The fourth-order valence-electron chi connectivity index (χ4n) is 5.74. The lowest BCUT2D eigenvalue weighted by atomic mass is 9.83. The second-order valence-electron chi connectivity index (χ2n) is 9.86. The molecule has 1 aromatic carbocycles. The van der Waals surface area contributed by atoms with E-state index < -0.39 is 6.03 Å². The van der Waals surface area contributed by atoms with Crippen molar-refractivity contribution in [3.8, 4) is 5.75 Å². The molecule has 186 valence electrons. The molecule has 3 heterocycles. The maximum absolute atomic E-state index is 13.2. The van der Waals surface area contributed by atoms with Gasteiger partial charge >= 0.3 is 12.1 Å². The number of pyridine rings is 1. The summed E-state index contributed by atoms with van der Waals surface area (Å²) in [4.78, 5) is 40.7. The molecule has 1 saturated heterocycles. The van der Waals surface area contributed by atoms with Crippen molar-refractivity contribution < 1.29 is 14.3 Å². The predicted molar refractivity (Wildman–Crippen MR) is 134 cm³/mol. The number of amides is 4. The van der Waals surface area contributed by atoms with E-state index >= 15 is 0 Å². The first-order valence-electron chi connectivity index (χ1n) is 12.5. The third-order valence-corrected chi connectivity index (χ3v) is 7.43. The Labute approximate surface area is 204 Å². The number of nitrogens with zero attached hydrogens (tertiary/aromatic N) is 2. The highest BCUT2D eigenvalue weighted by Crippen LogP contribution is 2.35. The van der Waals surface area contributed by atoms with Crippen LogP contribution >= 0.6 is 0 Å². The van der Waals surface area contributed by atoms with Crippen molar-refractivity contribution in [1.29, 1.82) is 0 Å². The van der Waals surface area contributed by atoms with Crippen LogP contribution in [-0.2, 0) is 6.54 Å². The number of ether oxygens (including phenoxy) is 1. The van der Waals surface area contributed by atoms with Crippen molar-refractivity contribution in [1.82, 2.24) is 14.8 Å². The third-order valence-electron chi connectivity index (χ3n) is 7.43. The minimum absolute atomic E-state index is 0.0219. The minimum atomic E-state index is -0.506. The van der Waals surface area contributed by atoms with Gasteiger partial charge in [0, 0.05) is 37.3 Å². The highest BCUT2D eigenvalue weighted by Gasteiger charge is 2.37. The van der Waals surface area contributed by atoms with Gasteiger partial charge in [-0.2, -0.15) is 0 Å². The number of hydrogen-bond donors (Lipinski definition) is 3. The zero-order chi connectivity index (χ0) is 24.4. The van der Waals surface area contributed by atoms with Gasteiger partial charge < -0.3 is 30.2 Å². The van der Waals surface area contributed by atoms with Crippen molar-refractivity contribution in [3.05, 3.63) is 52.4 Å². The van der Waals surface area contributed by atoms with Gasteiger partial charge in [-0.25, -0.2) is 9.59 Å². The second kappa shape index (κ2) is 10.0. The summed E-state index contributed by atoms with van der Waals surface area (Å²) in [5, 5.41) is 8.65. The number of urea groups is 2. The number of para-hydroxylation sites is 2. The molecule has 9 nitrogen and oxygen atoms in total. The number of methoxy groups -OCH3 is 1. The lowest BCUT2D eigenvalue weighted by Crippen LogP contribution is -2.53. The number of hydrogen-bond acceptors (Lipinski definition) is 4. The van der Waals surface area contributed by atoms with Crippen LogP contribution in [0.5, 0.6) is 5.75 Å². The van der Waals surface area contributed by atoms with Crippen LogP contribution in [0.25, 0.3) is 0 Å². The largest absolute Gasteiger partial charge is 0.495 e. The molecular weight excluding hydrogens is 446 g/mol. The molecule has 1 aliphatic carbocycles. The number of nitrogens with one attached hydrogen (secondary N) is 3. The monoisotopic (exact) mass is 479 g/mol. The number of piperidine rings is 1. The first-order valence-corrected chi connectivity index (χ1v) is 12.5. The Hall–Kier alpha value is -3.49. The summed E-state index contributed by atoms with van der Waals surface area (Å²) in [5.41, 5.74) is 1.46. The van der Waals surface area contributed by atoms with E-state index in [4.69, 9.17) is 4.74 Å². The number of rotatable bonds is 4. The highest BCUT2D eigenvalue weighted by molar-refractivity contribution is 6.00. The summed E-state index contributed by atoms with van der Waals surface area (Å²) < 4.78 is 7.04. The number of likely N-dealkylation sites (tertiary alicyclic amines) is 1. The van der Waals surface area contributed by atoms with E-state index in [-0.39, 0.29) is 35.2 Å². The van der Waals surface area contributed by atoms with Crippen LogP contribution in [0.4, 0.5) is 21.0 Å². The van der Waals surface area contributed by atoms with E-state index in [2.05, 4.69) is 16.0 Å². The summed E-state index contributed by atoms with van der Waals surface area (Å²) in [7, 11) is 1.53. The molecule has 2 aliphatic heterocycles. The van der Waals surface area contributed by atoms with Crippen molar-refractivity contribution in [2.75, 3.05) is 30.8 Å². The van der Waals surface area contributed by atoms with Gasteiger partial charge in [-0.1, -0.05) is 31.4 Å². The summed E-state index contributed by atoms with van der Waals surface area (Å²) in [6.45, 7) is 1.80. The summed E-state index contributed by atoms with van der Waals surface area (Å²) in [6, 6.07) is 10.5. The molecule has 4 amide bonds. The fraction of sp³-hybridized carbons (Fsp3) is 0.500. The van der Waals surface area contributed by atoms with Crippen LogP contribution in [-0.4, -0.2) is 47.8 Å². The van der Waals surface area contributed by atoms with Gasteiger partial charge in [0.2, 0.25) is 0 Å². The first kappa shape index (κ1) is 23.3. The summed E-state index contributed by atoms with van der Waals surface area (Å²) >= 11 is 0. The topological polar surface area (TPSA) is 105 Å². The Morgan fingerprint density at radius 1 is 0.943 bits per heavy atom. The average Bonchev–Trinajstić information content (AvgIpc) is 2.87. The van der Waals surface area contributed by atoms with Crippen molar-refractivity contribution in [3.63, 3.8) is 0 Å². The third kappa shape index (κ3) is 4.99. The van der Waals surface area contributed by atoms with E-state index in [1.54, 1.807) is 28.8 Å². The summed E-state index contributed by atoms with van der Waals surface area (Å²) in [6.07, 6.45) is 6.70. The molecule has 1 saturated carbocycles. The molecule has 3 aliphatic rings. The lowest BCUT2D eigenvalue weighted by molar-refractivity contribution is 0.127. The number of carbonyl (C=O) groups is 2. The highest BCUT2D eigenvalue weighted by atomic mass is 16.5. The van der Waals surface area contributed by atoms with Crippen LogP contribution in [0.3, 0.4) is 0 Å². The SMILES string of the molecule is COc1ccccc1NC(=O)Nc1ccc2n(c1=O)C[C@H]1C[C@@H]2CN(C(=O)NC2CCCCC2)C1. The van der Waals surface area contributed by atoms with Gasteiger partial charge in [-0.3, -0.25) is 4.79 Å². The summed E-state index contributed by atoms with van der Waals surface area (Å²) in [5.74, 6) is 0.868. The number of fused-ring (bicyclic) bond motifs is 4. The van der Waals surface area contributed by atoms with Gasteiger partial charge in [0.15, 0.2) is 0 Å². The molecule has 0 unspecified atom stereocenters.